The molecule has 1 aliphatic heterocycles. The zero-order valence-corrected chi connectivity index (χ0v) is 30.1. The lowest BCUT2D eigenvalue weighted by Gasteiger charge is -2.43. The number of allylic oxidation sites excluding steroid dienone is 8. The van der Waals surface area contributed by atoms with Crippen LogP contribution < -0.4 is 21.7 Å². The van der Waals surface area contributed by atoms with Gasteiger partial charge >= 0.3 is 0 Å². The van der Waals surface area contributed by atoms with E-state index < -0.39 is 0 Å². The minimum atomic E-state index is -0.227. The van der Waals surface area contributed by atoms with Gasteiger partial charge in [0.2, 0.25) is 0 Å². The highest BCUT2D eigenvalue weighted by Gasteiger charge is 2.35. The van der Waals surface area contributed by atoms with E-state index in [1.165, 1.54) is 43.7 Å². The second-order valence-electron chi connectivity index (χ2n) is 14.5. The summed E-state index contributed by atoms with van der Waals surface area (Å²) in [5.74, 6) is 0.625. The van der Waals surface area contributed by atoms with E-state index in [0.717, 1.165) is 28.0 Å². The first kappa shape index (κ1) is 32.5. The lowest BCUT2D eigenvalue weighted by atomic mass is 9.78. The molecule has 1 fully saturated rings. The van der Waals surface area contributed by atoms with E-state index in [2.05, 4.69) is 202 Å². The van der Waals surface area contributed by atoms with Crippen LogP contribution in [0.4, 0.5) is 0 Å². The average molecular weight is 703 g/mol. The molecule has 0 saturated carbocycles. The summed E-state index contributed by atoms with van der Waals surface area (Å²) < 4.78 is 4.78. The maximum atomic E-state index is 6.58. The van der Waals surface area contributed by atoms with Gasteiger partial charge in [-0.2, -0.15) is 0 Å². The van der Waals surface area contributed by atoms with Crippen molar-refractivity contribution < 1.29 is 0 Å². The van der Waals surface area contributed by atoms with Gasteiger partial charge in [0.1, 0.15) is 0 Å². The first-order valence-electron chi connectivity index (χ1n) is 18.8. The Morgan fingerprint density at radius 3 is 2.06 bits per heavy atom. The van der Waals surface area contributed by atoms with E-state index in [9.17, 15) is 0 Å². The number of rotatable bonds is 6. The minimum absolute atomic E-state index is 0.0832. The number of benzene rings is 5. The number of hydrogen-bond donors (Lipinski definition) is 4. The van der Waals surface area contributed by atoms with Crippen LogP contribution in [-0.4, -0.2) is 21.5 Å². The van der Waals surface area contributed by atoms with Crippen molar-refractivity contribution in [2.75, 3.05) is 0 Å². The largest absolute Gasteiger partial charge is 0.404 e. The molecule has 7 aromatic rings. The topological polar surface area (TPSA) is 72.0 Å². The normalized spacial score (nSPS) is 23.1. The van der Waals surface area contributed by atoms with Gasteiger partial charge in [0.05, 0.1) is 40.6 Å². The van der Waals surface area contributed by atoms with Crippen LogP contribution in [0.5, 0.6) is 0 Å². The highest BCUT2D eigenvalue weighted by Crippen LogP contribution is 2.40. The summed E-state index contributed by atoms with van der Waals surface area (Å²) in [6.07, 6.45) is 19.2. The number of para-hydroxylation sites is 3. The van der Waals surface area contributed by atoms with Crippen molar-refractivity contribution in [3.05, 3.63) is 193 Å². The fourth-order valence-corrected chi connectivity index (χ4v) is 8.90. The molecule has 3 heterocycles. The Kier molecular flexibility index (Phi) is 8.02. The molecular formula is C48H42N6. The lowest BCUT2D eigenvalue weighted by Crippen LogP contribution is -2.65. The zero-order chi connectivity index (χ0) is 36.2. The van der Waals surface area contributed by atoms with Crippen molar-refractivity contribution >= 4 is 49.3 Å². The quantitative estimate of drug-likeness (QED) is 0.130. The summed E-state index contributed by atoms with van der Waals surface area (Å²) in [5, 5.41) is 16.6. The highest BCUT2D eigenvalue weighted by atomic mass is 15.4. The van der Waals surface area contributed by atoms with Crippen molar-refractivity contribution in [2.24, 2.45) is 17.6 Å². The Bertz CT molecular complexity index is 2740. The van der Waals surface area contributed by atoms with Crippen LogP contribution in [0.1, 0.15) is 18.7 Å². The first-order chi connectivity index (χ1) is 26.7. The number of nitrogens with two attached hydrogens (primary N) is 1. The SMILES string of the molecule is C/C(=C\C(=C/N)C1NC(C2=CC=CC3C=CC=CC23)NC(c2ccccc2)N1)n1c2ccccc2c2cc3c4ccccc4n(-c4ccccc4)c3cc21. The molecule has 264 valence electrons. The molecule has 5 unspecified atom stereocenters. The van der Waals surface area contributed by atoms with Crippen LogP contribution >= 0.6 is 0 Å². The molecule has 0 bridgehead atoms. The number of nitrogens with one attached hydrogen (secondary N) is 3. The van der Waals surface area contributed by atoms with Gasteiger partial charge < -0.3 is 14.9 Å². The van der Waals surface area contributed by atoms with Crippen LogP contribution in [0.3, 0.4) is 0 Å². The van der Waals surface area contributed by atoms with E-state index in [1.54, 1.807) is 6.20 Å². The summed E-state index contributed by atoms with van der Waals surface area (Å²) in [5.41, 5.74) is 16.9. The molecule has 6 nitrogen and oxygen atoms in total. The fraction of sp³-hybridized carbons (Fsp3) is 0.125. The second kappa shape index (κ2) is 13.3. The Morgan fingerprint density at radius 2 is 1.26 bits per heavy atom. The van der Waals surface area contributed by atoms with Gasteiger partial charge in [-0.15, -0.1) is 0 Å². The molecule has 5 N–H and O–H groups in total. The van der Waals surface area contributed by atoms with Crippen LogP contribution in [0.2, 0.25) is 0 Å². The predicted octanol–water partition coefficient (Wildman–Crippen LogP) is 9.58. The smallest absolute Gasteiger partial charge is 0.0879 e. The van der Waals surface area contributed by atoms with E-state index >= 15 is 0 Å². The van der Waals surface area contributed by atoms with Crippen molar-refractivity contribution in [3.63, 3.8) is 0 Å². The van der Waals surface area contributed by atoms with Crippen LogP contribution in [-0.2, 0) is 0 Å². The van der Waals surface area contributed by atoms with Crippen LogP contribution in [0, 0.1) is 11.8 Å². The highest BCUT2D eigenvalue weighted by molar-refractivity contribution is 6.19. The Morgan fingerprint density at radius 1 is 0.611 bits per heavy atom. The summed E-state index contributed by atoms with van der Waals surface area (Å²) >= 11 is 0. The molecule has 6 heteroatoms. The minimum Gasteiger partial charge on any atom is -0.404 e. The summed E-state index contributed by atoms with van der Waals surface area (Å²) in [6, 6.07) is 43.5. The first-order valence-corrected chi connectivity index (χ1v) is 18.8. The standard InChI is InChI=1S/C48H42N6/c1-31(27-34(30-49)47-50-46(33-16-4-2-5-17-33)51-48(52-47)39-24-14-18-32-15-8-9-21-36(32)39)53-42-25-12-10-22-37(42)40-28-41-38-23-11-13-26-43(38)54(45(41)29-44(40)53)35-19-6-3-7-20-35/h2-30,32,36,46-48,50-52H,49H2,1H3/b31-27+,34-30+. The molecule has 3 aliphatic rings. The number of hydrogen-bond acceptors (Lipinski definition) is 4. The molecule has 2 aliphatic carbocycles. The summed E-state index contributed by atoms with van der Waals surface area (Å²) in [7, 11) is 0. The number of fused-ring (bicyclic) bond motifs is 7. The van der Waals surface area contributed by atoms with Crippen molar-refractivity contribution in [3.8, 4) is 5.69 Å². The molecule has 0 spiro atoms. The third kappa shape index (κ3) is 5.38. The lowest BCUT2D eigenvalue weighted by molar-refractivity contribution is 0.234. The van der Waals surface area contributed by atoms with Crippen LogP contribution in [0.25, 0.3) is 55.0 Å². The Balaban J connectivity index is 1.10. The summed E-state index contributed by atoms with van der Waals surface area (Å²) in [4.78, 5) is 0. The van der Waals surface area contributed by atoms with Crippen LogP contribution in [0.15, 0.2) is 187 Å². The van der Waals surface area contributed by atoms with Crippen molar-refractivity contribution in [1.29, 1.82) is 0 Å². The average Bonchev–Trinajstić information content (AvgIpc) is 3.74. The number of nitrogens with zero attached hydrogens (tertiary/aromatic N) is 2. The van der Waals surface area contributed by atoms with Gasteiger partial charge in [0.25, 0.3) is 0 Å². The van der Waals surface area contributed by atoms with E-state index in [0.29, 0.717) is 5.92 Å². The zero-order valence-electron chi connectivity index (χ0n) is 30.1. The van der Waals surface area contributed by atoms with Gasteiger partial charge in [0, 0.05) is 56.5 Å². The molecular weight excluding hydrogens is 661 g/mol. The van der Waals surface area contributed by atoms with Gasteiger partial charge in [-0.3, -0.25) is 16.0 Å². The second-order valence-corrected chi connectivity index (χ2v) is 14.5. The third-order valence-corrected chi connectivity index (χ3v) is 11.4. The van der Waals surface area contributed by atoms with Crippen molar-refractivity contribution in [2.45, 2.75) is 25.4 Å². The molecule has 5 atom stereocenters. The van der Waals surface area contributed by atoms with Gasteiger partial charge in [0.15, 0.2) is 0 Å². The molecule has 0 amide bonds. The molecule has 54 heavy (non-hydrogen) atoms. The number of aromatic nitrogens is 2. The molecule has 1 saturated heterocycles. The molecule has 2 aromatic heterocycles. The maximum absolute atomic E-state index is 6.58. The monoisotopic (exact) mass is 702 g/mol. The van der Waals surface area contributed by atoms with E-state index in [4.69, 9.17) is 5.73 Å². The fourth-order valence-electron chi connectivity index (χ4n) is 8.90. The third-order valence-electron chi connectivity index (χ3n) is 11.4. The molecule has 0 radical (unpaired) electrons. The Hall–Kier alpha value is -6.18. The van der Waals surface area contributed by atoms with Gasteiger partial charge in [-0.05, 0) is 60.5 Å². The van der Waals surface area contributed by atoms with Gasteiger partial charge in [-0.25, -0.2) is 0 Å². The Labute approximate surface area is 315 Å². The molecule has 5 aromatic carbocycles. The predicted molar refractivity (Wildman–Crippen MR) is 225 cm³/mol. The van der Waals surface area contributed by atoms with E-state index in [-0.39, 0.29) is 24.4 Å². The maximum Gasteiger partial charge on any atom is 0.0879 e. The van der Waals surface area contributed by atoms with Gasteiger partial charge in [-0.1, -0.05) is 127 Å². The van der Waals surface area contributed by atoms with E-state index in [1.807, 2.05) is 0 Å². The molecule has 10 rings (SSSR count). The van der Waals surface area contributed by atoms with Crippen molar-refractivity contribution in [1.82, 2.24) is 25.1 Å². The summed E-state index contributed by atoms with van der Waals surface area (Å²) in [6.45, 7) is 2.19.